The summed E-state index contributed by atoms with van der Waals surface area (Å²) in [5, 5.41) is 13.3. The molecule has 6 heteroatoms. The smallest absolute Gasteiger partial charge is 0.264 e. The number of nitrogens with zero attached hydrogens (tertiary/aromatic N) is 1. The summed E-state index contributed by atoms with van der Waals surface area (Å²) in [7, 11) is 0. The first-order valence-corrected chi connectivity index (χ1v) is 7.64. The molecular weight excluding hydrogens is 320 g/mol. The lowest BCUT2D eigenvalue weighted by Crippen LogP contribution is -2.19. The first-order chi connectivity index (χ1) is 10.6. The van der Waals surface area contributed by atoms with Crippen molar-refractivity contribution in [2.24, 2.45) is 4.99 Å². The molecule has 1 fully saturated rings. The van der Waals surface area contributed by atoms with Gasteiger partial charge in [-0.2, -0.15) is 0 Å². The van der Waals surface area contributed by atoms with Crippen molar-refractivity contribution in [2.75, 3.05) is 0 Å². The van der Waals surface area contributed by atoms with Crippen molar-refractivity contribution in [3.63, 3.8) is 0 Å². The van der Waals surface area contributed by atoms with Gasteiger partial charge >= 0.3 is 0 Å². The zero-order chi connectivity index (χ0) is 15.5. The van der Waals surface area contributed by atoms with E-state index in [4.69, 9.17) is 11.6 Å². The summed E-state index contributed by atoms with van der Waals surface area (Å²) in [5.74, 6) is -0.0473. The van der Waals surface area contributed by atoms with Gasteiger partial charge in [0.1, 0.15) is 5.75 Å². The van der Waals surface area contributed by atoms with Crippen molar-refractivity contribution in [3.05, 3.63) is 64.0 Å². The summed E-state index contributed by atoms with van der Waals surface area (Å²) in [6, 6.07) is 13.7. The van der Waals surface area contributed by atoms with E-state index < -0.39 is 0 Å². The van der Waals surface area contributed by atoms with Crippen LogP contribution in [0.4, 0.5) is 5.69 Å². The Morgan fingerprint density at radius 3 is 2.68 bits per heavy atom. The molecule has 0 aliphatic carbocycles. The number of aromatic hydroxyl groups is 1. The van der Waals surface area contributed by atoms with Crippen LogP contribution in [-0.4, -0.2) is 16.2 Å². The standard InChI is InChI=1S/C16H11ClN2O2S/c17-11-4-6-12(7-5-11)18-16-19-15(21)14(22-16)9-10-2-1-3-13(20)8-10/h1-9,20H,(H,18,19,21). The molecule has 1 amide bonds. The molecule has 2 aromatic carbocycles. The third-order valence-electron chi connectivity index (χ3n) is 2.88. The molecule has 1 aliphatic heterocycles. The summed E-state index contributed by atoms with van der Waals surface area (Å²) >= 11 is 7.08. The largest absolute Gasteiger partial charge is 0.508 e. The van der Waals surface area contributed by atoms with Gasteiger partial charge in [0.15, 0.2) is 5.17 Å². The fourth-order valence-electron chi connectivity index (χ4n) is 1.88. The second-order valence-electron chi connectivity index (χ2n) is 4.55. The normalized spacial score (nSPS) is 18.0. The van der Waals surface area contributed by atoms with E-state index in [0.717, 1.165) is 5.56 Å². The molecule has 0 radical (unpaired) electrons. The van der Waals surface area contributed by atoms with E-state index in [1.54, 1.807) is 48.5 Å². The highest BCUT2D eigenvalue weighted by Crippen LogP contribution is 2.28. The Labute approximate surface area is 136 Å². The summed E-state index contributed by atoms with van der Waals surface area (Å²) in [5.41, 5.74) is 1.47. The fourth-order valence-corrected chi connectivity index (χ4v) is 2.85. The number of phenolic OH excluding ortho intramolecular Hbond substituents is 1. The van der Waals surface area contributed by atoms with Crippen LogP contribution in [0.2, 0.25) is 5.02 Å². The predicted molar refractivity (Wildman–Crippen MR) is 90.4 cm³/mol. The van der Waals surface area contributed by atoms with Crippen LogP contribution in [-0.2, 0) is 4.79 Å². The molecule has 0 bridgehead atoms. The Balaban J connectivity index is 1.82. The number of phenols is 1. The number of hydrogen-bond acceptors (Lipinski definition) is 4. The van der Waals surface area contributed by atoms with E-state index in [9.17, 15) is 9.90 Å². The van der Waals surface area contributed by atoms with Crippen LogP contribution >= 0.6 is 23.4 Å². The van der Waals surface area contributed by atoms with Crippen molar-refractivity contribution >= 4 is 46.2 Å². The molecule has 0 spiro atoms. The number of amidine groups is 1. The Bertz CT molecular complexity index is 785. The molecule has 0 saturated carbocycles. The van der Waals surface area contributed by atoms with Crippen LogP contribution in [0.3, 0.4) is 0 Å². The molecule has 1 aliphatic rings. The summed E-state index contributed by atoms with van der Waals surface area (Å²) < 4.78 is 0. The highest BCUT2D eigenvalue weighted by Gasteiger charge is 2.23. The quantitative estimate of drug-likeness (QED) is 0.820. The van der Waals surface area contributed by atoms with Gasteiger partial charge in [-0.1, -0.05) is 23.7 Å². The van der Waals surface area contributed by atoms with Crippen molar-refractivity contribution in [2.45, 2.75) is 0 Å². The molecular formula is C16H11ClN2O2S. The Hall–Kier alpha value is -2.24. The van der Waals surface area contributed by atoms with Gasteiger partial charge in [0.2, 0.25) is 0 Å². The lowest BCUT2D eigenvalue weighted by molar-refractivity contribution is -0.115. The lowest BCUT2D eigenvalue weighted by Gasteiger charge is -1.96. The zero-order valence-corrected chi connectivity index (χ0v) is 12.9. The molecule has 4 nitrogen and oxygen atoms in total. The van der Waals surface area contributed by atoms with Gasteiger partial charge in [-0.15, -0.1) is 0 Å². The Kier molecular flexibility index (Phi) is 4.18. The minimum atomic E-state index is -0.207. The molecule has 2 N–H and O–H groups in total. The van der Waals surface area contributed by atoms with Gasteiger partial charge in [0.25, 0.3) is 5.91 Å². The topological polar surface area (TPSA) is 61.7 Å². The van der Waals surface area contributed by atoms with Gasteiger partial charge < -0.3 is 10.4 Å². The number of nitrogens with one attached hydrogen (secondary N) is 1. The van der Waals surface area contributed by atoms with Crippen LogP contribution in [0.1, 0.15) is 5.56 Å². The number of hydrogen-bond donors (Lipinski definition) is 2. The minimum Gasteiger partial charge on any atom is -0.508 e. The van der Waals surface area contributed by atoms with Crippen molar-refractivity contribution < 1.29 is 9.90 Å². The first kappa shape index (κ1) is 14.7. The van der Waals surface area contributed by atoms with Crippen LogP contribution in [0.15, 0.2) is 58.4 Å². The van der Waals surface area contributed by atoms with Crippen LogP contribution in [0.25, 0.3) is 6.08 Å². The number of carbonyl (C=O) groups excluding carboxylic acids is 1. The van der Waals surface area contributed by atoms with Gasteiger partial charge in [-0.05, 0) is 59.8 Å². The van der Waals surface area contributed by atoms with Crippen LogP contribution in [0, 0.1) is 0 Å². The predicted octanol–water partition coefficient (Wildman–Crippen LogP) is 3.94. The van der Waals surface area contributed by atoms with E-state index in [1.807, 2.05) is 6.07 Å². The molecule has 110 valence electrons. The molecule has 0 unspecified atom stereocenters. The van der Waals surface area contributed by atoms with Crippen LogP contribution in [0.5, 0.6) is 5.75 Å². The Morgan fingerprint density at radius 2 is 1.95 bits per heavy atom. The van der Waals surface area contributed by atoms with E-state index >= 15 is 0 Å². The average Bonchev–Trinajstić information content (AvgIpc) is 2.81. The number of carbonyl (C=O) groups is 1. The second-order valence-corrected chi connectivity index (χ2v) is 6.02. The maximum atomic E-state index is 12.0. The van der Waals surface area contributed by atoms with Gasteiger partial charge in [-0.3, -0.25) is 4.79 Å². The third kappa shape index (κ3) is 3.50. The molecule has 0 aromatic heterocycles. The highest BCUT2D eigenvalue weighted by atomic mass is 35.5. The van der Waals surface area contributed by atoms with Crippen molar-refractivity contribution in [1.82, 2.24) is 5.32 Å². The van der Waals surface area contributed by atoms with Gasteiger partial charge in [0.05, 0.1) is 10.6 Å². The van der Waals surface area contributed by atoms with Gasteiger partial charge in [0, 0.05) is 5.02 Å². The van der Waals surface area contributed by atoms with E-state index in [2.05, 4.69) is 10.3 Å². The molecule has 1 heterocycles. The lowest BCUT2D eigenvalue weighted by atomic mass is 10.2. The van der Waals surface area contributed by atoms with Crippen molar-refractivity contribution in [1.29, 1.82) is 0 Å². The Morgan fingerprint density at radius 1 is 1.18 bits per heavy atom. The average molecular weight is 331 g/mol. The van der Waals surface area contributed by atoms with E-state index in [0.29, 0.717) is 20.8 Å². The summed E-state index contributed by atoms with van der Waals surface area (Å²) in [4.78, 5) is 16.8. The number of rotatable bonds is 2. The third-order valence-corrected chi connectivity index (χ3v) is 4.04. The van der Waals surface area contributed by atoms with E-state index in [-0.39, 0.29) is 11.7 Å². The second kappa shape index (κ2) is 6.25. The molecule has 0 atom stereocenters. The molecule has 2 aromatic rings. The summed E-state index contributed by atoms with van der Waals surface area (Å²) in [6.07, 6.45) is 1.71. The first-order valence-electron chi connectivity index (χ1n) is 6.44. The number of halogens is 1. The number of aliphatic imine (C=N–C) groups is 1. The molecule has 3 rings (SSSR count). The monoisotopic (exact) mass is 330 g/mol. The maximum Gasteiger partial charge on any atom is 0.264 e. The van der Waals surface area contributed by atoms with Crippen molar-refractivity contribution in [3.8, 4) is 5.75 Å². The number of benzene rings is 2. The number of thioether (sulfide) groups is 1. The SMILES string of the molecule is O=C1NC(=Nc2ccc(Cl)cc2)SC1=Cc1cccc(O)c1. The molecule has 1 saturated heterocycles. The number of amides is 1. The summed E-state index contributed by atoms with van der Waals surface area (Å²) in [6.45, 7) is 0. The van der Waals surface area contributed by atoms with E-state index in [1.165, 1.54) is 11.8 Å². The minimum absolute atomic E-state index is 0.160. The highest BCUT2D eigenvalue weighted by molar-refractivity contribution is 8.18. The fraction of sp³-hybridized carbons (Fsp3) is 0. The van der Waals surface area contributed by atoms with Crippen LogP contribution < -0.4 is 5.32 Å². The zero-order valence-electron chi connectivity index (χ0n) is 11.3. The molecule has 22 heavy (non-hydrogen) atoms. The van der Waals surface area contributed by atoms with Gasteiger partial charge in [-0.25, -0.2) is 4.99 Å². The maximum absolute atomic E-state index is 12.0.